The number of carbonyl (C=O) groups excluding carboxylic acids is 2. The molecular weight excluding hydrogens is 350 g/mol. The third-order valence-electron chi connectivity index (χ3n) is 4.76. The summed E-state index contributed by atoms with van der Waals surface area (Å²) < 4.78 is 4.95. The van der Waals surface area contributed by atoms with Gasteiger partial charge in [-0.15, -0.1) is 0 Å². The molecule has 0 aromatic heterocycles. The Labute approximate surface area is 157 Å². The van der Waals surface area contributed by atoms with Crippen LogP contribution in [0.5, 0.6) is 0 Å². The van der Waals surface area contributed by atoms with E-state index in [2.05, 4.69) is 6.07 Å². The summed E-state index contributed by atoms with van der Waals surface area (Å²) in [6.45, 7) is -0.441. The Hall–Kier alpha value is -3.21. The maximum Gasteiger partial charge on any atom is 0.331 e. The van der Waals surface area contributed by atoms with E-state index in [9.17, 15) is 25.0 Å². The highest BCUT2D eigenvalue weighted by atomic mass is 16.6. The normalized spacial score (nSPS) is 15.7. The second-order valence-corrected chi connectivity index (χ2v) is 6.45. The van der Waals surface area contributed by atoms with Gasteiger partial charge in [0.05, 0.1) is 11.0 Å². The van der Waals surface area contributed by atoms with Gasteiger partial charge in [-0.25, -0.2) is 4.79 Å². The van der Waals surface area contributed by atoms with E-state index in [-0.39, 0.29) is 5.69 Å². The van der Waals surface area contributed by atoms with E-state index in [0.29, 0.717) is 18.4 Å². The molecule has 1 aromatic rings. The lowest BCUT2D eigenvalue weighted by Crippen LogP contribution is -2.51. The first-order valence-corrected chi connectivity index (χ1v) is 8.65. The van der Waals surface area contributed by atoms with Crippen LogP contribution in [0.25, 0.3) is 6.08 Å². The highest BCUT2D eigenvalue weighted by Gasteiger charge is 2.38. The van der Waals surface area contributed by atoms with Crippen LogP contribution < -0.4 is 0 Å². The number of likely N-dealkylation sites (N-methyl/N-ethyl adjacent to an activating group) is 1. The number of non-ortho nitro benzene ring substituents is 1. The zero-order valence-electron chi connectivity index (χ0n) is 15.1. The fourth-order valence-electron chi connectivity index (χ4n) is 3.05. The topological polar surface area (TPSA) is 114 Å². The molecule has 1 amide bonds. The number of amides is 1. The summed E-state index contributed by atoms with van der Waals surface area (Å²) in [5, 5.41) is 20.1. The minimum absolute atomic E-state index is 0.0440. The van der Waals surface area contributed by atoms with Crippen molar-refractivity contribution in [2.24, 2.45) is 0 Å². The number of nitro benzene ring substituents is 1. The van der Waals surface area contributed by atoms with Gasteiger partial charge in [0.1, 0.15) is 5.54 Å². The number of benzene rings is 1. The third-order valence-corrected chi connectivity index (χ3v) is 4.76. The molecule has 1 fully saturated rings. The molecule has 0 spiro atoms. The minimum atomic E-state index is -0.823. The van der Waals surface area contributed by atoms with Crippen molar-refractivity contribution in [3.8, 4) is 6.07 Å². The number of esters is 1. The summed E-state index contributed by atoms with van der Waals surface area (Å²) in [6.07, 6.45) is 6.67. The Morgan fingerprint density at radius 1 is 1.30 bits per heavy atom. The van der Waals surface area contributed by atoms with Gasteiger partial charge in [0, 0.05) is 25.3 Å². The molecule has 1 aliphatic rings. The van der Waals surface area contributed by atoms with Crippen LogP contribution in [0, 0.1) is 21.4 Å². The van der Waals surface area contributed by atoms with Crippen LogP contribution in [0.2, 0.25) is 0 Å². The van der Waals surface area contributed by atoms with E-state index in [1.54, 1.807) is 7.05 Å². The molecule has 27 heavy (non-hydrogen) atoms. The van der Waals surface area contributed by atoms with Crippen molar-refractivity contribution in [3.05, 3.63) is 46.0 Å². The molecule has 2 rings (SSSR count). The molecule has 0 aliphatic heterocycles. The number of rotatable bonds is 6. The number of hydrogen-bond acceptors (Lipinski definition) is 6. The van der Waals surface area contributed by atoms with Crippen LogP contribution in [-0.4, -0.2) is 40.9 Å². The van der Waals surface area contributed by atoms with Crippen LogP contribution in [0.15, 0.2) is 30.3 Å². The van der Waals surface area contributed by atoms with Gasteiger partial charge in [0.25, 0.3) is 11.6 Å². The van der Waals surface area contributed by atoms with Gasteiger partial charge < -0.3 is 9.64 Å². The van der Waals surface area contributed by atoms with Crippen LogP contribution in [0.4, 0.5) is 5.69 Å². The second kappa shape index (κ2) is 8.94. The predicted octanol–water partition coefficient (Wildman–Crippen LogP) is 2.84. The molecule has 0 heterocycles. The summed E-state index contributed by atoms with van der Waals surface area (Å²) in [5.74, 6) is -1.12. The standard InChI is InChI=1S/C19H21N3O5/c1-21(19(14-20)11-3-2-4-12-19)17(23)13-27-18(24)10-7-15-5-8-16(9-6-15)22(25)26/h5-10H,2-4,11-13H2,1H3/b10-7+. The summed E-state index contributed by atoms with van der Waals surface area (Å²) >= 11 is 0. The Morgan fingerprint density at radius 2 is 1.93 bits per heavy atom. The second-order valence-electron chi connectivity index (χ2n) is 6.45. The summed E-state index contributed by atoms with van der Waals surface area (Å²) in [6, 6.07) is 7.91. The lowest BCUT2D eigenvalue weighted by molar-refractivity contribution is -0.384. The molecular formula is C19H21N3O5. The van der Waals surface area contributed by atoms with E-state index < -0.39 is 28.9 Å². The lowest BCUT2D eigenvalue weighted by Gasteiger charge is -2.38. The van der Waals surface area contributed by atoms with E-state index in [0.717, 1.165) is 25.3 Å². The van der Waals surface area contributed by atoms with Gasteiger partial charge in [-0.3, -0.25) is 14.9 Å². The average Bonchev–Trinajstić information content (AvgIpc) is 2.70. The number of nitriles is 1. The molecule has 0 N–H and O–H groups in total. The van der Waals surface area contributed by atoms with E-state index in [1.807, 2.05) is 0 Å². The van der Waals surface area contributed by atoms with Crippen molar-refractivity contribution in [3.63, 3.8) is 0 Å². The highest BCUT2D eigenvalue weighted by molar-refractivity contribution is 5.89. The fraction of sp³-hybridized carbons (Fsp3) is 0.421. The maximum absolute atomic E-state index is 12.3. The highest BCUT2D eigenvalue weighted by Crippen LogP contribution is 2.32. The number of nitrogens with zero attached hydrogens (tertiary/aromatic N) is 3. The molecule has 0 unspecified atom stereocenters. The van der Waals surface area contributed by atoms with Crippen molar-refractivity contribution >= 4 is 23.6 Å². The molecule has 1 saturated carbocycles. The van der Waals surface area contributed by atoms with E-state index >= 15 is 0 Å². The average molecular weight is 371 g/mol. The molecule has 8 heteroatoms. The van der Waals surface area contributed by atoms with Gasteiger partial charge in [0.2, 0.25) is 0 Å². The molecule has 142 valence electrons. The molecule has 0 saturated heterocycles. The van der Waals surface area contributed by atoms with Crippen LogP contribution in [-0.2, 0) is 14.3 Å². The van der Waals surface area contributed by atoms with Crippen LogP contribution >= 0.6 is 0 Å². The molecule has 1 aliphatic carbocycles. The maximum atomic E-state index is 12.3. The number of hydrogen-bond donors (Lipinski definition) is 0. The third kappa shape index (κ3) is 5.14. The largest absolute Gasteiger partial charge is 0.452 e. The van der Waals surface area contributed by atoms with Gasteiger partial charge in [-0.1, -0.05) is 19.3 Å². The number of ether oxygens (including phenoxy) is 1. The number of nitro groups is 1. The Balaban J connectivity index is 1.88. The first kappa shape index (κ1) is 20.1. The summed E-state index contributed by atoms with van der Waals surface area (Å²) in [4.78, 5) is 35.6. The first-order valence-electron chi connectivity index (χ1n) is 8.65. The Morgan fingerprint density at radius 3 is 2.48 bits per heavy atom. The molecule has 8 nitrogen and oxygen atoms in total. The predicted molar refractivity (Wildman–Crippen MR) is 97.3 cm³/mol. The van der Waals surface area contributed by atoms with Crippen LogP contribution in [0.1, 0.15) is 37.7 Å². The zero-order valence-corrected chi connectivity index (χ0v) is 15.1. The van der Waals surface area contributed by atoms with Gasteiger partial charge in [-0.05, 0) is 36.6 Å². The smallest absolute Gasteiger partial charge is 0.331 e. The quantitative estimate of drug-likeness (QED) is 0.329. The van der Waals surface area contributed by atoms with Gasteiger partial charge in [-0.2, -0.15) is 5.26 Å². The molecule has 1 aromatic carbocycles. The van der Waals surface area contributed by atoms with Gasteiger partial charge in [0.15, 0.2) is 6.61 Å². The van der Waals surface area contributed by atoms with E-state index in [1.165, 1.54) is 35.2 Å². The van der Waals surface area contributed by atoms with Crippen molar-refractivity contribution in [1.29, 1.82) is 5.26 Å². The summed E-state index contributed by atoms with van der Waals surface area (Å²) in [5.41, 5.74) is -0.278. The zero-order chi connectivity index (χ0) is 19.9. The minimum Gasteiger partial charge on any atom is -0.452 e. The van der Waals surface area contributed by atoms with Crippen LogP contribution in [0.3, 0.4) is 0 Å². The lowest BCUT2D eigenvalue weighted by atomic mass is 9.81. The Bertz CT molecular complexity index is 774. The van der Waals surface area contributed by atoms with E-state index in [4.69, 9.17) is 4.74 Å². The van der Waals surface area contributed by atoms with Crippen molar-refractivity contribution in [2.45, 2.75) is 37.6 Å². The molecule has 0 atom stereocenters. The Kier molecular flexibility index (Phi) is 6.66. The van der Waals surface area contributed by atoms with Gasteiger partial charge >= 0.3 is 5.97 Å². The SMILES string of the molecule is CN(C(=O)COC(=O)/C=C/c1ccc([N+](=O)[O-])cc1)C1(C#N)CCCCC1. The monoisotopic (exact) mass is 371 g/mol. The molecule has 0 radical (unpaired) electrons. The fourth-order valence-corrected chi connectivity index (χ4v) is 3.05. The number of carbonyl (C=O) groups is 2. The summed E-state index contributed by atoms with van der Waals surface area (Å²) in [7, 11) is 1.57. The first-order chi connectivity index (χ1) is 12.9. The van der Waals surface area contributed by atoms with Crippen molar-refractivity contribution in [1.82, 2.24) is 4.90 Å². The molecule has 0 bridgehead atoms. The van der Waals surface area contributed by atoms with Crippen molar-refractivity contribution in [2.75, 3.05) is 13.7 Å². The van der Waals surface area contributed by atoms with Crippen molar-refractivity contribution < 1.29 is 19.2 Å².